The molecule has 0 spiro atoms. The average molecular weight is 576 g/mol. The Bertz CT molecular complexity index is 1210. The van der Waals surface area contributed by atoms with Crippen molar-refractivity contribution in [2.75, 3.05) is 12.9 Å². The number of carboxylic acid groups (broad SMARTS) is 2. The maximum atomic E-state index is 13.2. The number of nitrogens with one attached hydrogen (secondary N) is 1. The van der Waals surface area contributed by atoms with Crippen molar-refractivity contribution in [3.63, 3.8) is 0 Å². The number of hydrogen-bond donors (Lipinski definition) is 4. The Balaban J connectivity index is 1.48. The monoisotopic (exact) mass is 575 g/mol. The molecule has 36 heavy (non-hydrogen) atoms. The van der Waals surface area contributed by atoms with E-state index in [1.54, 1.807) is 12.5 Å². The maximum absolute atomic E-state index is 13.2. The number of carboxylic acids is 2. The fourth-order valence-electron chi connectivity index (χ4n) is 3.54. The Morgan fingerprint density at radius 1 is 1.31 bits per heavy atom. The second-order valence-corrected chi connectivity index (χ2v) is 12.0. The van der Waals surface area contributed by atoms with Crippen molar-refractivity contribution in [1.82, 2.24) is 30.4 Å². The van der Waals surface area contributed by atoms with Crippen LogP contribution in [0.1, 0.15) is 0 Å². The summed E-state index contributed by atoms with van der Waals surface area (Å²) in [5.41, 5.74) is 3.07. The third-order valence-electron chi connectivity index (χ3n) is 5.25. The number of nitrogens with zero attached hydrogens (tertiary/aromatic N) is 5. The molecule has 192 valence electrons. The third-order valence-corrected chi connectivity index (χ3v) is 10.4. The van der Waals surface area contributed by atoms with E-state index in [9.17, 15) is 29.1 Å². The number of aryl methyl sites for hydroxylation is 1. The highest BCUT2D eigenvalue weighted by Crippen LogP contribution is 2.53. The van der Waals surface area contributed by atoms with Crippen molar-refractivity contribution in [3.05, 3.63) is 20.8 Å². The standard InChI is InChI=1S/C17H17N7O8S4/c1-23-16(20-21-22-23)34-4-5-3-33-15-17(32-2,14(31)24(15)7(5)11(29)30)19-9(26)13-35-12(36-13)6(8(18)25)10(27)28/h3,7,13,15H,4H2,1-2H3,(H2,18,25)(H,19,26)(H,27,28)(H,29,30). The number of amides is 3. The smallest absolute Gasteiger partial charge is 0.343 e. The number of methoxy groups -OCH3 is 1. The highest BCUT2D eigenvalue weighted by molar-refractivity contribution is 8.39. The fraction of sp³-hybridized carbons (Fsp3) is 0.412. The molecule has 19 heteroatoms. The quantitative estimate of drug-likeness (QED) is 0.0664. The molecule has 2 saturated heterocycles. The number of fused-ring (bicyclic) bond motifs is 1. The highest BCUT2D eigenvalue weighted by atomic mass is 32.3. The molecule has 0 aromatic carbocycles. The Morgan fingerprint density at radius 2 is 2.00 bits per heavy atom. The molecule has 2 fully saturated rings. The lowest BCUT2D eigenvalue weighted by Crippen LogP contribution is -2.83. The predicted molar refractivity (Wildman–Crippen MR) is 128 cm³/mol. The van der Waals surface area contributed by atoms with Crippen LogP contribution in [0.5, 0.6) is 0 Å². The van der Waals surface area contributed by atoms with E-state index in [4.69, 9.17) is 15.6 Å². The number of tetrazole rings is 1. The Hall–Kier alpha value is -2.74. The van der Waals surface area contributed by atoms with E-state index in [1.165, 1.54) is 23.6 Å². The molecular weight excluding hydrogens is 558 g/mol. The van der Waals surface area contributed by atoms with Gasteiger partial charge in [0.15, 0.2) is 6.04 Å². The van der Waals surface area contributed by atoms with Crippen LogP contribution < -0.4 is 11.1 Å². The van der Waals surface area contributed by atoms with E-state index >= 15 is 0 Å². The number of β-lactam (4-membered cyclic amide) rings is 1. The zero-order valence-corrected chi connectivity index (χ0v) is 21.6. The molecule has 3 amide bonds. The second kappa shape index (κ2) is 9.96. The van der Waals surface area contributed by atoms with Crippen LogP contribution in [0.15, 0.2) is 25.9 Å². The molecular formula is C17H17N7O8S4. The molecule has 3 atom stereocenters. The minimum atomic E-state index is -1.82. The van der Waals surface area contributed by atoms with E-state index in [2.05, 4.69) is 20.8 Å². The number of thioether (sulfide) groups is 4. The van der Waals surface area contributed by atoms with Gasteiger partial charge in [-0.3, -0.25) is 14.4 Å². The molecule has 3 aliphatic heterocycles. The van der Waals surface area contributed by atoms with Gasteiger partial charge in [0.2, 0.25) is 11.1 Å². The molecule has 3 aliphatic rings. The summed E-state index contributed by atoms with van der Waals surface area (Å²) in [5, 5.41) is 33.8. The van der Waals surface area contributed by atoms with Crippen molar-refractivity contribution in [2.24, 2.45) is 12.8 Å². The van der Waals surface area contributed by atoms with Gasteiger partial charge in [-0.2, -0.15) is 0 Å². The van der Waals surface area contributed by atoms with E-state index in [-0.39, 0.29) is 9.99 Å². The Morgan fingerprint density at radius 3 is 2.53 bits per heavy atom. The van der Waals surface area contributed by atoms with Gasteiger partial charge in [0.1, 0.15) is 15.5 Å². The van der Waals surface area contributed by atoms with Gasteiger partial charge in [-0.15, -0.1) is 16.9 Å². The van der Waals surface area contributed by atoms with E-state index in [0.29, 0.717) is 10.7 Å². The topological polar surface area (TPSA) is 220 Å². The molecule has 0 saturated carbocycles. The van der Waals surface area contributed by atoms with E-state index in [0.717, 1.165) is 40.2 Å². The van der Waals surface area contributed by atoms with Crippen LogP contribution in [-0.4, -0.2) is 99.6 Å². The van der Waals surface area contributed by atoms with Crippen molar-refractivity contribution in [2.45, 2.75) is 26.9 Å². The number of aromatic nitrogens is 4. The predicted octanol–water partition coefficient (Wildman–Crippen LogP) is -1.40. The first kappa shape index (κ1) is 26.3. The van der Waals surface area contributed by atoms with Gasteiger partial charge in [0.05, 0.1) is 4.24 Å². The van der Waals surface area contributed by atoms with Crippen LogP contribution >= 0.6 is 47.0 Å². The maximum Gasteiger partial charge on any atom is 0.343 e. The SMILES string of the molecule is COC1(NC(=O)C2SC(=C(C(N)=O)C(=O)O)S2)C(=O)N2C(C(=O)O)C(CSc3nnnn3C)=CSC21. The van der Waals surface area contributed by atoms with E-state index in [1.807, 2.05) is 0 Å². The molecule has 5 N–H and O–H groups in total. The summed E-state index contributed by atoms with van der Waals surface area (Å²) in [5.74, 6) is -5.09. The van der Waals surface area contributed by atoms with Gasteiger partial charge in [-0.25, -0.2) is 14.3 Å². The van der Waals surface area contributed by atoms with E-state index < -0.39 is 57.0 Å². The van der Waals surface area contributed by atoms with Crippen LogP contribution in [0.4, 0.5) is 0 Å². The van der Waals surface area contributed by atoms with Crippen LogP contribution in [-0.2, 0) is 35.8 Å². The summed E-state index contributed by atoms with van der Waals surface area (Å²) in [6.07, 6.45) is 0. The minimum Gasteiger partial charge on any atom is -0.479 e. The molecule has 0 radical (unpaired) electrons. The summed E-state index contributed by atoms with van der Waals surface area (Å²) >= 11 is 3.94. The number of nitrogens with two attached hydrogens (primary N) is 1. The Kier molecular flexibility index (Phi) is 7.28. The first-order chi connectivity index (χ1) is 17.0. The van der Waals surface area contributed by atoms with Crippen molar-refractivity contribution < 1.29 is 38.9 Å². The van der Waals surface area contributed by atoms with Gasteiger partial charge in [-0.05, 0) is 21.4 Å². The highest BCUT2D eigenvalue weighted by Gasteiger charge is 2.68. The summed E-state index contributed by atoms with van der Waals surface area (Å²) < 4.78 is 6.03. The van der Waals surface area contributed by atoms with Crippen molar-refractivity contribution >= 4 is 76.7 Å². The molecule has 0 bridgehead atoms. The number of primary amides is 1. The third kappa shape index (κ3) is 4.33. The molecule has 4 rings (SSSR count). The van der Waals surface area contributed by atoms with Crippen LogP contribution in [0.2, 0.25) is 0 Å². The lowest BCUT2D eigenvalue weighted by molar-refractivity contribution is -0.201. The minimum absolute atomic E-state index is 0.0735. The first-order valence-corrected chi connectivity index (χ1v) is 13.4. The number of carbonyl (C=O) groups is 5. The number of hydrogen-bond acceptors (Lipinski definition) is 13. The number of aliphatic carboxylic acids is 2. The lowest BCUT2D eigenvalue weighted by Gasteiger charge is -2.57. The van der Waals surface area contributed by atoms with Crippen molar-refractivity contribution in [1.29, 1.82) is 0 Å². The summed E-state index contributed by atoms with van der Waals surface area (Å²) in [4.78, 5) is 61.8. The van der Waals surface area contributed by atoms with Gasteiger partial charge < -0.3 is 30.9 Å². The largest absolute Gasteiger partial charge is 0.479 e. The first-order valence-electron chi connectivity index (χ1n) is 9.74. The fourth-order valence-corrected chi connectivity index (χ4v) is 8.03. The second-order valence-electron chi connectivity index (χ2n) is 7.34. The summed E-state index contributed by atoms with van der Waals surface area (Å²) in [6.45, 7) is 0. The molecule has 0 aliphatic carbocycles. The summed E-state index contributed by atoms with van der Waals surface area (Å²) in [7, 11) is 2.85. The van der Waals surface area contributed by atoms with Crippen LogP contribution in [0, 0.1) is 0 Å². The lowest BCUT2D eigenvalue weighted by atomic mass is 9.95. The molecule has 15 nitrogen and oxygen atoms in total. The van der Waals surface area contributed by atoms with Crippen LogP contribution in [0.25, 0.3) is 0 Å². The number of ether oxygens (including phenoxy) is 1. The van der Waals surface area contributed by atoms with Gasteiger partial charge in [-0.1, -0.05) is 35.3 Å². The molecule has 3 unspecified atom stereocenters. The Labute approximate surface area is 219 Å². The zero-order valence-electron chi connectivity index (χ0n) is 18.3. The number of rotatable bonds is 9. The van der Waals surface area contributed by atoms with Crippen molar-refractivity contribution in [3.8, 4) is 0 Å². The molecule has 1 aromatic heterocycles. The molecule has 1 aromatic rings. The molecule has 4 heterocycles. The summed E-state index contributed by atoms with van der Waals surface area (Å²) in [6, 6.07) is -1.28. The van der Waals surface area contributed by atoms with Gasteiger partial charge in [0.25, 0.3) is 17.5 Å². The average Bonchev–Trinajstić information content (AvgIpc) is 3.20. The number of carbonyl (C=O) groups excluding carboxylic acids is 3. The normalized spacial score (nSPS) is 26.8. The zero-order chi connectivity index (χ0) is 26.4. The van der Waals surface area contributed by atoms with Gasteiger partial charge >= 0.3 is 11.9 Å². The van der Waals surface area contributed by atoms with Crippen LogP contribution in [0.3, 0.4) is 0 Å². The van der Waals surface area contributed by atoms with Gasteiger partial charge in [0, 0.05) is 19.9 Å².